The molecule has 10 nitrogen and oxygen atoms in total. The number of imidazole rings is 1. The Bertz CT molecular complexity index is 887. The van der Waals surface area contributed by atoms with Gasteiger partial charge < -0.3 is 20.9 Å². The monoisotopic (exact) mass is 523 g/mol. The maximum Gasteiger partial charge on any atom is 0.232 e. The van der Waals surface area contributed by atoms with Crippen molar-refractivity contribution in [2.75, 3.05) is 6.54 Å². The zero-order chi connectivity index (χ0) is 27.4. The van der Waals surface area contributed by atoms with Gasteiger partial charge in [0.1, 0.15) is 0 Å². The summed E-state index contributed by atoms with van der Waals surface area (Å²) in [6.07, 6.45) is 3.15. The number of hydrogen-bond donors (Lipinski definition) is 4. The number of aromatic amines is 1. The van der Waals surface area contributed by atoms with Gasteiger partial charge in [0.05, 0.1) is 23.7 Å². The Morgan fingerprint density at radius 2 is 1.64 bits per heavy atom. The third-order valence-corrected chi connectivity index (χ3v) is 6.68. The number of nitrogens with one attached hydrogen (secondary N) is 4. The molecule has 1 aromatic heterocycles. The first-order valence-electron chi connectivity index (χ1n) is 12.4. The molecule has 0 aliphatic carbocycles. The number of hydrogen-bond acceptors (Lipinski definition) is 7. The molecular formula is C25H41N5O5S. The maximum absolute atomic E-state index is 13.1. The lowest BCUT2D eigenvalue weighted by Gasteiger charge is -2.21. The van der Waals surface area contributed by atoms with Gasteiger partial charge in [0.2, 0.25) is 17.7 Å². The molecule has 202 valence electrons. The lowest BCUT2D eigenvalue weighted by Crippen LogP contribution is -2.46. The van der Waals surface area contributed by atoms with E-state index in [1.165, 1.54) is 18.1 Å². The third-order valence-electron chi connectivity index (χ3n) is 5.51. The van der Waals surface area contributed by atoms with Crippen LogP contribution in [0, 0.1) is 11.8 Å². The van der Waals surface area contributed by atoms with Crippen LogP contribution in [0.3, 0.4) is 0 Å². The molecule has 0 fully saturated rings. The number of H-pyrrole nitrogens is 1. The summed E-state index contributed by atoms with van der Waals surface area (Å²) in [6.45, 7) is 12.7. The fraction of sp³-hybridized carbons (Fsp3) is 0.680. The molecule has 3 amide bonds. The van der Waals surface area contributed by atoms with Gasteiger partial charge in [-0.2, -0.15) is 0 Å². The van der Waals surface area contributed by atoms with E-state index in [-0.39, 0.29) is 60.4 Å². The van der Waals surface area contributed by atoms with Crippen LogP contribution in [-0.4, -0.2) is 68.4 Å². The summed E-state index contributed by atoms with van der Waals surface area (Å²) in [6, 6.07) is -1.51. The largest absolute Gasteiger partial charge is 0.355 e. The summed E-state index contributed by atoms with van der Waals surface area (Å²) in [7, 11) is 0. The molecule has 36 heavy (non-hydrogen) atoms. The van der Waals surface area contributed by atoms with Crippen LogP contribution in [0.4, 0.5) is 0 Å². The van der Waals surface area contributed by atoms with E-state index in [4.69, 9.17) is 0 Å². The highest BCUT2D eigenvalue weighted by Crippen LogP contribution is 2.16. The fourth-order valence-corrected chi connectivity index (χ4v) is 4.53. The number of amides is 3. The summed E-state index contributed by atoms with van der Waals surface area (Å²) in [5.74, 6) is -2.21. The average molecular weight is 524 g/mol. The van der Waals surface area contributed by atoms with Gasteiger partial charge in [0, 0.05) is 49.5 Å². The van der Waals surface area contributed by atoms with Crippen LogP contribution < -0.4 is 16.0 Å². The number of nitrogens with zero attached hydrogens (tertiary/aromatic N) is 1. The molecule has 0 radical (unpaired) electrons. The molecule has 0 saturated heterocycles. The molecule has 1 unspecified atom stereocenters. The minimum absolute atomic E-state index is 0.0163. The quantitative estimate of drug-likeness (QED) is 0.258. The van der Waals surface area contributed by atoms with Crippen molar-refractivity contribution in [2.24, 2.45) is 11.8 Å². The predicted octanol–water partition coefficient (Wildman–Crippen LogP) is 1.80. The topological polar surface area (TPSA) is 150 Å². The van der Waals surface area contributed by atoms with E-state index in [1.54, 1.807) is 33.9 Å². The van der Waals surface area contributed by atoms with Crippen molar-refractivity contribution in [3.63, 3.8) is 0 Å². The molecule has 0 spiro atoms. The van der Waals surface area contributed by atoms with E-state index >= 15 is 0 Å². The normalized spacial score (nSPS) is 14.6. The van der Waals surface area contributed by atoms with Crippen LogP contribution in [0.15, 0.2) is 12.5 Å². The molecule has 1 rings (SSSR count). The summed E-state index contributed by atoms with van der Waals surface area (Å²) < 4.78 is 0. The highest BCUT2D eigenvalue weighted by Gasteiger charge is 2.27. The lowest BCUT2D eigenvalue weighted by atomic mass is 9.95. The van der Waals surface area contributed by atoms with Crippen molar-refractivity contribution in [3.8, 4) is 0 Å². The number of ketones is 2. The van der Waals surface area contributed by atoms with Crippen LogP contribution in [-0.2, 0) is 30.4 Å². The van der Waals surface area contributed by atoms with Crippen molar-refractivity contribution in [1.29, 1.82) is 0 Å². The first-order valence-corrected chi connectivity index (χ1v) is 13.3. The summed E-state index contributed by atoms with van der Waals surface area (Å²) in [5, 5.41) is 8.23. The minimum Gasteiger partial charge on any atom is -0.355 e. The van der Waals surface area contributed by atoms with E-state index < -0.39 is 23.9 Å². The fourth-order valence-electron chi connectivity index (χ4n) is 3.50. The van der Waals surface area contributed by atoms with Crippen LogP contribution in [0.1, 0.15) is 67.0 Å². The molecule has 4 atom stereocenters. The number of aromatic nitrogens is 2. The number of Topliss-reactive ketones (excluding diaryl/α,β-unsaturated/α-hetero) is 2. The Morgan fingerprint density at radius 3 is 2.19 bits per heavy atom. The predicted molar refractivity (Wildman–Crippen MR) is 140 cm³/mol. The standard InChI is InChI=1S/C25H41N5O5S/c1-14(2)23(33)17(6)29-24(34)16(5)10-21(31)20(11-19-12-26-13-28-19)30-22(32)8-9-27-25(35)18(7)36-15(3)4/h12-18,20H,8-11H2,1-7H3,(H,26,28)(H,27,35)(H,29,34)(H,30,32)/t16-,17+,18?,20+/m1/s1. The van der Waals surface area contributed by atoms with Gasteiger partial charge in [-0.3, -0.25) is 24.0 Å². The summed E-state index contributed by atoms with van der Waals surface area (Å²) in [4.78, 5) is 69.2. The number of carbonyl (C=O) groups excluding carboxylic acids is 5. The maximum atomic E-state index is 13.1. The molecular weight excluding hydrogens is 482 g/mol. The Labute approximate surface area is 217 Å². The molecule has 0 aliphatic rings. The minimum atomic E-state index is -0.867. The highest BCUT2D eigenvalue weighted by atomic mass is 32.2. The molecule has 1 aromatic rings. The van der Waals surface area contributed by atoms with Gasteiger partial charge >= 0.3 is 0 Å². The number of thioether (sulfide) groups is 1. The van der Waals surface area contributed by atoms with Crippen LogP contribution >= 0.6 is 11.8 Å². The first-order chi connectivity index (χ1) is 16.8. The van der Waals surface area contributed by atoms with Gasteiger partial charge in [-0.05, 0) is 19.1 Å². The second-order valence-electron chi connectivity index (χ2n) is 9.63. The number of carbonyl (C=O) groups is 5. The molecule has 11 heteroatoms. The second-order valence-corrected chi connectivity index (χ2v) is 11.6. The zero-order valence-corrected chi connectivity index (χ0v) is 23.2. The van der Waals surface area contributed by atoms with Gasteiger partial charge in [0.15, 0.2) is 11.6 Å². The van der Waals surface area contributed by atoms with Gasteiger partial charge in [-0.1, -0.05) is 34.6 Å². The molecule has 0 aliphatic heterocycles. The molecule has 1 heterocycles. The van der Waals surface area contributed by atoms with Gasteiger partial charge in [-0.15, -0.1) is 11.8 Å². The van der Waals surface area contributed by atoms with E-state index in [0.29, 0.717) is 10.9 Å². The van der Waals surface area contributed by atoms with Crippen LogP contribution in [0.5, 0.6) is 0 Å². The van der Waals surface area contributed by atoms with E-state index in [9.17, 15) is 24.0 Å². The molecule has 0 bridgehead atoms. The number of rotatable bonds is 16. The van der Waals surface area contributed by atoms with Crippen molar-refractivity contribution in [3.05, 3.63) is 18.2 Å². The SMILES string of the molecule is CC(C)SC(C)C(=O)NCCC(=O)N[C@@H](Cc1cnc[nH]1)C(=O)C[C@@H](C)C(=O)N[C@@H](C)C(=O)C(C)C. The van der Waals surface area contributed by atoms with Crippen molar-refractivity contribution in [1.82, 2.24) is 25.9 Å². The third kappa shape index (κ3) is 11.4. The van der Waals surface area contributed by atoms with Crippen molar-refractivity contribution < 1.29 is 24.0 Å². The second kappa shape index (κ2) is 15.4. The smallest absolute Gasteiger partial charge is 0.232 e. The summed E-state index contributed by atoms with van der Waals surface area (Å²) in [5.41, 5.74) is 0.662. The highest BCUT2D eigenvalue weighted by molar-refractivity contribution is 8.01. The Hall–Kier alpha value is -2.69. The van der Waals surface area contributed by atoms with E-state index in [0.717, 1.165) is 0 Å². The first kappa shape index (κ1) is 31.3. The Kier molecular flexibility index (Phi) is 13.4. The average Bonchev–Trinajstić information content (AvgIpc) is 3.30. The van der Waals surface area contributed by atoms with Crippen LogP contribution in [0.2, 0.25) is 0 Å². The van der Waals surface area contributed by atoms with Crippen molar-refractivity contribution >= 4 is 41.0 Å². The Morgan fingerprint density at radius 1 is 0.972 bits per heavy atom. The molecule has 4 N–H and O–H groups in total. The summed E-state index contributed by atoms with van der Waals surface area (Å²) >= 11 is 1.53. The van der Waals surface area contributed by atoms with Crippen LogP contribution in [0.25, 0.3) is 0 Å². The lowest BCUT2D eigenvalue weighted by molar-refractivity contribution is -0.133. The van der Waals surface area contributed by atoms with Crippen molar-refractivity contribution in [2.45, 2.75) is 90.3 Å². The Balaban J connectivity index is 2.69. The molecule has 0 saturated carbocycles. The van der Waals surface area contributed by atoms with E-state index in [2.05, 4.69) is 25.9 Å². The zero-order valence-electron chi connectivity index (χ0n) is 22.3. The van der Waals surface area contributed by atoms with E-state index in [1.807, 2.05) is 20.8 Å². The molecule has 0 aromatic carbocycles. The van der Waals surface area contributed by atoms with Gasteiger partial charge in [0.25, 0.3) is 0 Å². The van der Waals surface area contributed by atoms with Gasteiger partial charge in [-0.25, -0.2) is 4.98 Å².